The predicted octanol–water partition coefficient (Wildman–Crippen LogP) is 5.56. The van der Waals surface area contributed by atoms with Crippen molar-refractivity contribution < 1.29 is 14.3 Å². The number of fused-ring (bicyclic) bond motifs is 1. The SMILES string of the molecule is CP(=O)(O)C(C(=O)C/C=C/c1cccnc1)c1csc2ccc(Cl)cc12. The zero-order valence-electron chi connectivity index (χ0n) is 14.0. The molecular formula is C19H17ClNO3PS. The molecule has 4 nitrogen and oxygen atoms in total. The number of hydrogen-bond donors (Lipinski definition) is 1. The van der Waals surface area contributed by atoms with Crippen LogP contribution < -0.4 is 0 Å². The number of pyridine rings is 1. The van der Waals surface area contributed by atoms with Gasteiger partial charge in [0.2, 0.25) is 7.37 Å². The number of Topliss-reactive ketones (excluding diaryl/α,β-unsaturated/α-hetero) is 1. The first-order valence-electron chi connectivity index (χ1n) is 7.92. The van der Waals surface area contributed by atoms with Crippen molar-refractivity contribution in [3.8, 4) is 0 Å². The van der Waals surface area contributed by atoms with Gasteiger partial charge in [-0.1, -0.05) is 29.8 Å². The fraction of sp³-hybridized carbons (Fsp3) is 0.158. The van der Waals surface area contributed by atoms with E-state index in [-0.39, 0.29) is 12.2 Å². The Morgan fingerprint density at radius 1 is 1.42 bits per heavy atom. The van der Waals surface area contributed by atoms with E-state index in [9.17, 15) is 14.3 Å². The third-order valence-corrected chi connectivity index (χ3v) is 6.70. The van der Waals surface area contributed by atoms with Crippen LogP contribution in [-0.2, 0) is 9.36 Å². The molecule has 2 heterocycles. The van der Waals surface area contributed by atoms with Crippen molar-refractivity contribution >= 4 is 52.3 Å². The van der Waals surface area contributed by atoms with E-state index in [4.69, 9.17) is 11.6 Å². The monoisotopic (exact) mass is 405 g/mol. The smallest absolute Gasteiger partial charge is 0.212 e. The summed E-state index contributed by atoms with van der Waals surface area (Å²) >= 11 is 7.50. The van der Waals surface area contributed by atoms with Crippen LogP contribution in [0.25, 0.3) is 16.2 Å². The number of halogens is 1. The molecule has 7 heteroatoms. The Morgan fingerprint density at radius 2 is 2.23 bits per heavy atom. The molecule has 0 saturated carbocycles. The van der Waals surface area contributed by atoms with Crippen LogP contribution in [0, 0.1) is 0 Å². The lowest BCUT2D eigenvalue weighted by atomic mass is 10.0. The van der Waals surface area contributed by atoms with Crippen LogP contribution in [-0.4, -0.2) is 22.3 Å². The molecule has 0 amide bonds. The van der Waals surface area contributed by atoms with Gasteiger partial charge < -0.3 is 4.89 Å². The minimum atomic E-state index is -3.68. The van der Waals surface area contributed by atoms with Gasteiger partial charge in [0, 0.05) is 35.2 Å². The molecule has 3 rings (SSSR count). The highest BCUT2D eigenvalue weighted by atomic mass is 35.5. The molecule has 1 N–H and O–H groups in total. The summed E-state index contributed by atoms with van der Waals surface area (Å²) in [5, 5.41) is 3.07. The number of ketones is 1. The van der Waals surface area contributed by atoms with Crippen molar-refractivity contribution in [3.05, 3.63) is 70.3 Å². The summed E-state index contributed by atoms with van der Waals surface area (Å²) in [6, 6.07) is 9.04. The van der Waals surface area contributed by atoms with Crippen molar-refractivity contribution in [1.82, 2.24) is 4.98 Å². The summed E-state index contributed by atoms with van der Waals surface area (Å²) in [7, 11) is -3.68. The molecule has 0 fully saturated rings. The number of benzene rings is 1. The van der Waals surface area contributed by atoms with Gasteiger partial charge in [0.05, 0.1) is 0 Å². The summed E-state index contributed by atoms with van der Waals surface area (Å²) in [4.78, 5) is 27.0. The molecule has 1 aromatic carbocycles. The third kappa shape index (κ3) is 4.30. The molecule has 26 heavy (non-hydrogen) atoms. The molecule has 2 atom stereocenters. The van der Waals surface area contributed by atoms with Crippen LogP contribution in [0.3, 0.4) is 0 Å². The van der Waals surface area contributed by atoms with Crippen LogP contribution in [0.5, 0.6) is 0 Å². The zero-order valence-corrected chi connectivity index (χ0v) is 16.5. The summed E-state index contributed by atoms with van der Waals surface area (Å²) in [6.45, 7) is 1.23. The second kappa shape index (κ2) is 7.85. The van der Waals surface area contributed by atoms with Crippen molar-refractivity contribution in [2.75, 3.05) is 6.66 Å². The maximum atomic E-state index is 12.8. The Morgan fingerprint density at radius 3 is 2.92 bits per heavy atom. The number of rotatable bonds is 6. The maximum absolute atomic E-state index is 12.8. The Kier molecular flexibility index (Phi) is 5.73. The lowest BCUT2D eigenvalue weighted by Gasteiger charge is -2.18. The van der Waals surface area contributed by atoms with Crippen LogP contribution in [0.1, 0.15) is 23.2 Å². The Bertz CT molecular complexity index is 1010. The fourth-order valence-corrected chi connectivity index (χ4v) is 5.44. The van der Waals surface area contributed by atoms with Gasteiger partial charge in [-0.3, -0.25) is 14.3 Å². The second-order valence-corrected chi connectivity index (χ2v) is 9.79. The molecule has 0 aliphatic rings. The molecule has 2 unspecified atom stereocenters. The number of nitrogens with zero attached hydrogens (tertiary/aromatic N) is 1. The highest BCUT2D eigenvalue weighted by Crippen LogP contribution is 2.55. The largest absolute Gasteiger partial charge is 0.344 e. The Hall–Kier alpha value is -1.78. The van der Waals surface area contributed by atoms with Gasteiger partial charge in [-0.05, 0) is 46.2 Å². The van der Waals surface area contributed by atoms with Gasteiger partial charge in [-0.2, -0.15) is 0 Å². The molecule has 134 valence electrons. The number of carbonyl (C=O) groups excluding carboxylic acids is 1. The van der Waals surface area contributed by atoms with E-state index < -0.39 is 13.0 Å². The molecule has 0 bridgehead atoms. The lowest BCUT2D eigenvalue weighted by molar-refractivity contribution is -0.118. The van der Waals surface area contributed by atoms with Gasteiger partial charge in [-0.15, -0.1) is 11.3 Å². The number of thiophene rings is 1. The van der Waals surface area contributed by atoms with Gasteiger partial charge in [0.1, 0.15) is 5.66 Å². The van der Waals surface area contributed by atoms with Crippen molar-refractivity contribution in [2.24, 2.45) is 0 Å². The number of hydrogen-bond acceptors (Lipinski definition) is 4. The first kappa shape index (κ1) is 19.0. The van der Waals surface area contributed by atoms with E-state index >= 15 is 0 Å². The van der Waals surface area contributed by atoms with Gasteiger partial charge >= 0.3 is 0 Å². The minimum Gasteiger partial charge on any atom is -0.344 e. The first-order chi connectivity index (χ1) is 12.4. The van der Waals surface area contributed by atoms with Crippen molar-refractivity contribution in [3.63, 3.8) is 0 Å². The first-order valence-corrected chi connectivity index (χ1v) is 11.4. The van der Waals surface area contributed by atoms with Crippen LogP contribution in [0.15, 0.2) is 54.2 Å². The summed E-state index contributed by atoms with van der Waals surface area (Å²) in [6.07, 6.45) is 6.90. The molecule has 0 saturated heterocycles. The predicted molar refractivity (Wildman–Crippen MR) is 108 cm³/mol. The summed E-state index contributed by atoms with van der Waals surface area (Å²) in [5.41, 5.74) is 0.377. The topological polar surface area (TPSA) is 67.3 Å². The average Bonchev–Trinajstić information content (AvgIpc) is 2.97. The molecule has 0 spiro atoms. The van der Waals surface area contributed by atoms with E-state index in [0.29, 0.717) is 10.6 Å². The highest BCUT2D eigenvalue weighted by Gasteiger charge is 2.35. The molecule has 0 radical (unpaired) electrons. The highest BCUT2D eigenvalue weighted by molar-refractivity contribution is 7.58. The van der Waals surface area contributed by atoms with Gasteiger partial charge in [-0.25, -0.2) is 0 Å². The van der Waals surface area contributed by atoms with Crippen molar-refractivity contribution in [1.29, 1.82) is 0 Å². The zero-order chi connectivity index (χ0) is 18.7. The number of aromatic nitrogens is 1. The molecule has 0 aliphatic heterocycles. The Balaban J connectivity index is 1.91. The normalized spacial score (nSPS) is 15.2. The summed E-state index contributed by atoms with van der Waals surface area (Å²) < 4.78 is 13.4. The second-order valence-electron chi connectivity index (χ2n) is 6.04. The van der Waals surface area contributed by atoms with E-state index in [1.165, 1.54) is 18.0 Å². The maximum Gasteiger partial charge on any atom is 0.212 e. The molecule has 0 aliphatic carbocycles. The Labute approximate surface area is 160 Å². The van der Waals surface area contributed by atoms with E-state index in [1.807, 2.05) is 12.1 Å². The summed E-state index contributed by atoms with van der Waals surface area (Å²) in [5.74, 6) is -0.293. The third-order valence-electron chi connectivity index (χ3n) is 3.96. The van der Waals surface area contributed by atoms with Crippen LogP contribution in [0.4, 0.5) is 0 Å². The van der Waals surface area contributed by atoms with Crippen LogP contribution >= 0.6 is 30.3 Å². The molecule has 3 aromatic rings. The van der Waals surface area contributed by atoms with Gasteiger partial charge in [0.15, 0.2) is 5.78 Å². The molecular weight excluding hydrogens is 389 g/mol. The number of allylic oxidation sites excluding steroid dienone is 1. The van der Waals surface area contributed by atoms with Crippen molar-refractivity contribution in [2.45, 2.75) is 12.1 Å². The standard InChI is InChI=1S/C19H17ClNO3PS/c1-25(23,24)19(16-12-26-18-8-7-14(20)10-15(16)18)17(22)6-2-4-13-5-3-9-21-11-13/h2-5,7-12,19H,6H2,1H3,(H,23,24)/b4-2+. The van der Waals surface area contributed by atoms with E-state index in [0.717, 1.165) is 15.6 Å². The number of carbonyl (C=O) groups is 1. The molecule has 2 aromatic heterocycles. The lowest BCUT2D eigenvalue weighted by Crippen LogP contribution is -2.11. The van der Waals surface area contributed by atoms with Gasteiger partial charge in [0.25, 0.3) is 0 Å². The fourth-order valence-electron chi connectivity index (χ4n) is 2.83. The van der Waals surface area contributed by atoms with E-state index in [2.05, 4.69) is 4.98 Å². The average molecular weight is 406 g/mol. The van der Waals surface area contributed by atoms with Crippen LogP contribution in [0.2, 0.25) is 5.02 Å². The van der Waals surface area contributed by atoms with E-state index in [1.54, 1.807) is 48.1 Å². The quantitative estimate of drug-likeness (QED) is 0.545. The minimum absolute atomic E-state index is 0.0653.